The van der Waals surface area contributed by atoms with Crippen LogP contribution in [0.1, 0.15) is 25.7 Å². The second-order valence-corrected chi connectivity index (χ2v) is 5.98. The number of carbonyl (C=O) groups excluding carboxylic acids is 2. The van der Waals surface area contributed by atoms with E-state index in [-0.39, 0.29) is 35.9 Å². The minimum Gasteiger partial charge on any atom is -0.469 e. The summed E-state index contributed by atoms with van der Waals surface area (Å²) in [6, 6.07) is 3.82. The summed E-state index contributed by atoms with van der Waals surface area (Å²) in [5.74, 6) is -0.971. The summed E-state index contributed by atoms with van der Waals surface area (Å²) in [5, 5.41) is 2.83. The van der Waals surface area contributed by atoms with Crippen molar-refractivity contribution in [2.24, 2.45) is 0 Å². The molecule has 1 N–H and O–H groups in total. The van der Waals surface area contributed by atoms with Crippen LogP contribution in [0, 0.1) is 5.82 Å². The van der Waals surface area contributed by atoms with E-state index in [1.54, 1.807) is 0 Å². The van der Waals surface area contributed by atoms with E-state index in [1.807, 2.05) is 4.90 Å². The number of halogens is 2. The van der Waals surface area contributed by atoms with Gasteiger partial charge >= 0.3 is 5.97 Å². The second-order valence-electron chi connectivity index (χ2n) is 5.57. The van der Waals surface area contributed by atoms with Crippen LogP contribution in [-0.2, 0) is 14.3 Å². The minimum absolute atomic E-state index is 0.00522. The van der Waals surface area contributed by atoms with Crippen LogP contribution in [0.2, 0.25) is 5.02 Å². The van der Waals surface area contributed by atoms with E-state index in [1.165, 1.54) is 19.2 Å². The summed E-state index contributed by atoms with van der Waals surface area (Å²) < 4.78 is 17.7. The van der Waals surface area contributed by atoms with Gasteiger partial charge in [-0.1, -0.05) is 18.0 Å². The first-order valence-corrected chi connectivity index (χ1v) is 7.93. The van der Waals surface area contributed by atoms with Crippen molar-refractivity contribution >= 4 is 29.2 Å². The summed E-state index contributed by atoms with van der Waals surface area (Å²) in [7, 11) is 1.36. The van der Waals surface area contributed by atoms with Crippen molar-refractivity contribution in [3.63, 3.8) is 0 Å². The first kappa shape index (κ1) is 17.7. The van der Waals surface area contributed by atoms with E-state index in [0.29, 0.717) is 5.69 Å². The molecule has 0 saturated carbocycles. The molecule has 0 spiro atoms. The van der Waals surface area contributed by atoms with Gasteiger partial charge in [-0.15, -0.1) is 0 Å². The molecule has 0 aromatic heterocycles. The van der Waals surface area contributed by atoms with E-state index >= 15 is 0 Å². The molecule has 1 aromatic carbocycles. The highest BCUT2D eigenvalue weighted by Gasteiger charge is 2.26. The van der Waals surface area contributed by atoms with Gasteiger partial charge in [0.15, 0.2) is 0 Å². The van der Waals surface area contributed by atoms with Crippen LogP contribution in [0.5, 0.6) is 0 Å². The molecule has 0 radical (unpaired) electrons. The third-order valence-electron chi connectivity index (χ3n) is 3.93. The Morgan fingerprint density at radius 2 is 2.22 bits per heavy atom. The van der Waals surface area contributed by atoms with Crippen LogP contribution in [0.25, 0.3) is 0 Å². The molecule has 1 aromatic rings. The minimum atomic E-state index is -0.456. The summed E-state index contributed by atoms with van der Waals surface area (Å²) in [5.41, 5.74) is 0.375. The molecule has 1 amide bonds. The van der Waals surface area contributed by atoms with Gasteiger partial charge in [0.2, 0.25) is 5.91 Å². The number of piperidine rings is 1. The molecule has 0 aliphatic carbocycles. The van der Waals surface area contributed by atoms with Gasteiger partial charge in [0.05, 0.1) is 30.8 Å². The van der Waals surface area contributed by atoms with Crippen molar-refractivity contribution in [1.82, 2.24) is 4.90 Å². The zero-order valence-corrected chi connectivity index (χ0v) is 13.7. The largest absolute Gasteiger partial charge is 0.469 e. The zero-order valence-electron chi connectivity index (χ0n) is 13.0. The lowest BCUT2D eigenvalue weighted by Gasteiger charge is -2.34. The zero-order chi connectivity index (χ0) is 16.8. The number of anilines is 1. The van der Waals surface area contributed by atoms with Crippen molar-refractivity contribution in [3.8, 4) is 0 Å². The smallest absolute Gasteiger partial charge is 0.307 e. The van der Waals surface area contributed by atoms with E-state index in [4.69, 9.17) is 16.3 Å². The highest BCUT2D eigenvalue weighted by molar-refractivity contribution is 6.33. The van der Waals surface area contributed by atoms with E-state index in [2.05, 4.69) is 5.32 Å². The highest BCUT2D eigenvalue weighted by Crippen LogP contribution is 2.23. The number of hydrogen-bond acceptors (Lipinski definition) is 4. The highest BCUT2D eigenvalue weighted by atomic mass is 35.5. The van der Waals surface area contributed by atoms with Crippen LogP contribution < -0.4 is 5.32 Å². The predicted octanol–water partition coefficient (Wildman–Crippen LogP) is 2.84. The monoisotopic (exact) mass is 342 g/mol. The van der Waals surface area contributed by atoms with Gasteiger partial charge in [-0.05, 0) is 37.6 Å². The average Bonchev–Trinajstić information content (AvgIpc) is 2.52. The second kappa shape index (κ2) is 8.26. The Bertz CT molecular complexity index is 582. The van der Waals surface area contributed by atoms with Crippen molar-refractivity contribution in [3.05, 3.63) is 29.0 Å². The number of esters is 1. The molecular formula is C16H20ClFN2O3. The Hall–Kier alpha value is -1.66. The van der Waals surface area contributed by atoms with Crippen molar-refractivity contribution in [2.45, 2.75) is 31.7 Å². The fraction of sp³-hybridized carbons (Fsp3) is 0.500. The predicted molar refractivity (Wildman–Crippen MR) is 85.9 cm³/mol. The van der Waals surface area contributed by atoms with Crippen molar-refractivity contribution < 1.29 is 18.7 Å². The topological polar surface area (TPSA) is 58.6 Å². The van der Waals surface area contributed by atoms with Crippen LogP contribution in [0.15, 0.2) is 18.2 Å². The van der Waals surface area contributed by atoms with Gasteiger partial charge in [0, 0.05) is 6.04 Å². The Morgan fingerprint density at radius 1 is 1.43 bits per heavy atom. The maximum absolute atomic E-state index is 13.0. The standard InChI is InChI=1S/C16H20ClFN2O3/c1-23-16(22)9-12-4-2-3-7-20(12)10-15(21)19-14-6-5-11(18)8-13(14)17/h5-6,8,12H,2-4,7,9-10H2,1H3,(H,19,21)/t12-/m1/s1. The first-order valence-electron chi connectivity index (χ1n) is 7.55. The fourth-order valence-electron chi connectivity index (χ4n) is 2.74. The van der Waals surface area contributed by atoms with Gasteiger partial charge in [0.1, 0.15) is 5.82 Å². The van der Waals surface area contributed by atoms with Gasteiger partial charge in [-0.25, -0.2) is 4.39 Å². The third-order valence-corrected chi connectivity index (χ3v) is 4.24. The lowest BCUT2D eigenvalue weighted by molar-refractivity contribution is -0.142. The number of nitrogens with zero attached hydrogens (tertiary/aromatic N) is 1. The van der Waals surface area contributed by atoms with Crippen LogP contribution in [0.3, 0.4) is 0 Å². The molecular weight excluding hydrogens is 323 g/mol. The number of likely N-dealkylation sites (tertiary alicyclic amines) is 1. The lowest BCUT2D eigenvalue weighted by atomic mass is 9.99. The molecule has 1 saturated heterocycles. The molecule has 2 rings (SSSR count). The van der Waals surface area contributed by atoms with Crippen LogP contribution >= 0.6 is 11.6 Å². The molecule has 1 atom stereocenters. The lowest BCUT2D eigenvalue weighted by Crippen LogP contribution is -2.45. The number of amides is 1. The summed E-state index contributed by atoms with van der Waals surface area (Å²) >= 11 is 5.90. The van der Waals surface area contributed by atoms with Crippen molar-refractivity contribution in [2.75, 3.05) is 25.5 Å². The molecule has 5 nitrogen and oxygen atoms in total. The molecule has 1 fully saturated rings. The summed E-state index contributed by atoms with van der Waals surface area (Å²) in [4.78, 5) is 25.7. The molecule has 23 heavy (non-hydrogen) atoms. The van der Waals surface area contributed by atoms with Crippen LogP contribution in [0.4, 0.5) is 10.1 Å². The number of hydrogen-bond donors (Lipinski definition) is 1. The molecule has 126 valence electrons. The molecule has 1 heterocycles. The van der Waals surface area contributed by atoms with Crippen LogP contribution in [-0.4, -0.2) is 43.0 Å². The maximum atomic E-state index is 13.0. The number of carbonyl (C=O) groups is 2. The normalized spacial score (nSPS) is 18.5. The molecule has 0 unspecified atom stereocenters. The van der Waals surface area contributed by atoms with E-state index in [0.717, 1.165) is 31.9 Å². The first-order chi connectivity index (χ1) is 11.0. The van der Waals surface area contributed by atoms with Crippen molar-refractivity contribution in [1.29, 1.82) is 0 Å². The van der Waals surface area contributed by atoms with Gasteiger partial charge < -0.3 is 10.1 Å². The maximum Gasteiger partial charge on any atom is 0.307 e. The Kier molecular flexibility index (Phi) is 6.36. The van der Waals surface area contributed by atoms with E-state index in [9.17, 15) is 14.0 Å². The SMILES string of the molecule is COC(=O)C[C@H]1CCCCN1CC(=O)Nc1ccc(F)cc1Cl. The van der Waals surface area contributed by atoms with Gasteiger partial charge in [-0.3, -0.25) is 14.5 Å². The fourth-order valence-corrected chi connectivity index (χ4v) is 2.95. The Balaban J connectivity index is 1.95. The van der Waals surface area contributed by atoms with E-state index < -0.39 is 5.82 Å². The molecule has 7 heteroatoms. The summed E-state index contributed by atoms with van der Waals surface area (Å²) in [6.07, 6.45) is 3.16. The number of benzene rings is 1. The number of ether oxygens (including phenoxy) is 1. The average molecular weight is 343 g/mol. The van der Waals surface area contributed by atoms with Gasteiger partial charge in [0.25, 0.3) is 0 Å². The number of nitrogens with one attached hydrogen (secondary N) is 1. The molecule has 0 bridgehead atoms. The molecule has 1 aliphatic heterocycles. The number of methoxy groups -OCH3 is 1. The Labute approximate surface area is 139 Å². The number of rotatable bonds is 5. The Morgan fingerprint density at radius 3 is 2.91 bits per heavy atom. The third kappa shape index (κ3) is 5.18. The molecule has 1 aliphatic rings. The van der Waals surface area contributed by atoms with Gasteiger partial charge in [-0.2, -0.15) is 0 Å². The summed E-state index contributed by atoms with van der Waals surface area (Å²) in [6.45, 7) is 0.918. The quantitative estimate of drug-likeness (QED) is 0.836.